The van der Waals surface area contributed by atoms with Gasteiger partial charge in [-0.25, -0.2) is 0 Å². The van der Waals surface area contributed by atoms with Crippen molar-refractivity contribution in [3.8, 4) is 0 Å². The highest BCUT2D eigenvalue weighted by molar-refractivity contribution is 5.78. The van der Waals surface area contributed by atoms with Crippen molar-refractivity contribution in [1.82, 2.24) is 20.0 Å². The lowest BCUT2D eigenvalue weighted by Crippen LogP contribution is -2.47. The van der Waals surface area contributed by atoms with E-state index < -0.39 is 0 Å². The van der Waals surface area contributed by atoms with Gasteiger partial charge in [0.15, 0.2) is 0 Å². The van der Waals surface area contributed by atoms with Crippen LogP contribution in [0.4, 0.5) is 0 Å². The molecule has 0 spiro atoms. The third-order valence-corrected chi connectivity index (χ3v) is 5.04. The van der Waals surface area contributed by atoms with Gasteiger partial charge in [0.1, 0.15) is 0 Å². The van der Waals surface area contributed by atoms with Crippen molar-refractivity contribution in [2.24, 2.45) is 0 Å². The Morgan fingerprint density at radius 2 is 1.57 bits per heavy atom. The van der Waals surface area contributed by atoms with E-state index in [0.29, 0.717) is 31.6 Å². The Bertz CT molecular complexity index is 543. The highest BCUT2D eigenvalue weighted by atomic mass is 16.5. The molecular weight excluding hydrogens is 296 g/mol. The lowest BCUT2D eigenvalue weighted by molar-refractivity contribution is -0.136. The molecule has 0 unspecified atom stereocenters. The predicted octanol–water partition coefficient (Wildman–Crippen LogP) is 0.985. The molecule has 3 fully saturated rings. The van der Waals surface area contributed by atoms with E-state index in [1.54, 1.807) is 0 Å². The van der Waals surface area contributed by atoms with E-state index in [1.807, 2.05) is 4.90 Å². The molecule has 3 heterocycles. The van der Waals surface area contributed by atoms with Gasteiger partial charge in [0.05, 0.1) is 19.8 Å². The number of nitrogens with zero attached hydrogens (tertiary/aromatic N) is 4. The lowest BCUT2D eigenvalue weighted by Gasteiger charge is -2.33. The second kappa shape index (κ2) is 6.57. The number of hydrogen-bond donors (Lipinski definition) is 0. The van der Waals surface area contributed by atoms with Crippen LogP contribution < -0.4 is 0 Å². The first-order valence-corrected chi connectivity index (χ1v) is 8.71. The van der Waals surface area contributed by atoms with Gasteiger partial charge in [0.25, 0.3) is 0 Å². The molecule has 4 rings (SSSR count). The first kappa shape index (κ1) is 15.1. The van der Waals surface area contributed by atoms with Crippen LogP contribution in [0.3, 0.4) is 0 Å². The average Bonchev–Trinajstić information content (AvgIpc) is 3.34. The number of likely N-dealkylation sites (tertiary alicyclic amines) is 1. The number of morpholine rings is 1. The summed E-state index contributed by atoms with van der Waals surface area (Å²) in [7, 11) is 0. The summed E-state index contributed by atoms with van der Waals surface area (Å²) in [4.78, 5) is 16.4. The van der Waals surface area contributed by atoms with Crippen LogP contribution in [0, 0.1) is 0 Å². The molecule has 1 saturated carbocycles. The van der Waals surface area contributed by atoms with Crippen LogP contribution in [-0.4, -0.2) is 71.8 Å². The fourth-order valence-electron chi connectivity index (χ4n) is 3.35. The molecule has 0 atom stereocenters. The number of ether oxygens (including phenoxy) is 1. The Labute approximate surface area is 136 Å². The molecule has 0 N–H and O–H groups in total. The van der Waals surface area contributed by atoms with E-state index >= 15 is 0 Å². The van der Waals surface area contributed by atoms with Crippen molar-refractivity contribution in [2.75, 3.05) is 45.9 Å². The maximum absolute atomic E-state index is 12.3. The van der Waals surface area contributed by atoms with E-state index in [2.05, 4.69) is 15.1 Å². The zero-order valence-corrected chi connectivity index (χ0v) is 13.4. The first-order valence-electron chi connectivity index (χ1n) is 8.71. The van der Waals surface area contributed by atoms with Crippen LogP contribution in [0.1, 0.15) is 49.3 Å². The second-order valence-electron chi connectivity index (χ2n) is 6.80. The largest absolute Gasteiger partial charge is 0.425 e. The average molecular weight is 320 g/mol. The van der Waals surface area contributed by atoms with Crippen molar-refractivity contribution in [1.29, 1.82) is 0 Å². The van der Waals surface area contributed by atoms with E-state index in [0.717, 1.165) is 50.8 Å². The summed E-state index contributed by atoms with van der Waals surface area (Å²) in [5.41, 5.74) is 0. The van der Waals surface area contributed by atoms with E-state index in [9.17, 15) is 4.79 Å². The summed E-state index contributed by atoms with van der Waals surface area (Å²) in [5.74, 6) is 2.71. The number of hydrogen-bond acceptors (Lipinski definition) is 6. The van der Waals surface area contributed by atoms with Gasteiger partial charge in [-0.1, -0.05) is 0 Å². The molecule has 1 amide bonds. The summed E-state index contributed by atoms with van der Waals surface area (Å²) < 4.78 is 11.1. The standard InChI is InChI=1S/C16H24N4O3/c21-14(20-7-9-22-10-8-20)11-19-5-3-13(4-6-19)16-18-17-15(23-16)12-1-2-12/h12-13H,1-11H2. The number of rotatable bonds is 4. The van der Waals surface area contributed by atoms with Crippen molar-refractivity contribution in [3.05, 3.63) is 11.8 Å². The Hall–Kier alpha value is -1.47. The van der Waals surface area contributed by atoms with Gasteiger partial charge in [0, 0.05) is 24.9 Å². The smallest absolute Gasteiger partial charge is 0.236 e. The summed E-state index contributed by atoms with van der Waals surface area (Å²) in [6.07, 6.45) is 4.35. The molecule has 1 aromatic rings. The van der Waals surface area contributed by atoms with Gasteiger partial charge >= 0.3 is 0 Å². The summed E-state index contributed by atoms with van der Waals surface area (Å²) in [5, 5.41) is 8.42. The van der Waals surface area contributed by atoms with Crippen molar-refractivity contribution in [3.63, 3.8) is 0 Å². The third-order valence-electron chi connectivity index (χ3n) is 5.04. The zero-order valence-electron chi connectivity index (χ0n) is 13.4. The number of carbonyl (C=O) groups excluding carboxylic acids is 1. The molecule has 126 valence electrons. The molecular formula is C16H24N4O3. The van der Waals surface area contributed by atoms with Crippen LogP contribution in [0.2, 0.25) is 0 Å². The molecule has 0 aromatic carbocycles. The Morgan fingerprint density at radius 3 is 2.17 bits per heavy atom. The minimum atomic E-state index is 0.223. The van der Waals surface area contributed by atoms with Crippen LogP contribution >= 0.6 is 0 Å². The van der Waals surface area contributed by atoms with Crippen LogP contribution in [0.5, 0.6) is 0 Å². The third kappa shape index (κ3) is 3.55. The molecule has 7 nitrogen and oxygen atoms in total. The van der Waals surface area contributed by atoms with Crippen molar-refractivity contribution in [2.45, 2.75) is 37.5 Å². The highest BCUT2D eigenvalue weighted by Crippen LogP contribution is 2.40. The van der Waals surface area contributed by atoms with Gasteiger partial charge in [0.2, 0.25) is 17.7 Å². The summed E-state index contributed by atoms with van der Waals surface area (Å²) >= 11 is 0. The van der Waals surface area contributed by atoms with Gasteiger partial charge in [-0.2, -0.15) is 0 Å². The molecule has 0 bridgehead atoms. The van der Waals surface area contributed by atoms with Gasteiger partial charge in [-0.05, 0) is 38.8 Å². The maximum Gasteiger partial charge on any atom is 0.236 e. The van der Waals surface area contributed by atoms with Crippen molar-refractivity contribution >= 4 is 5.91 Å². The fourth-order valence-corrected chi connectivity index (χ4v) is 3.35. The minimum Gasteiger partial charge on any atom is -0.425 e. The highest BCUT2D eigenvalue weighted by Gasteiger charge is 2.32. The minimum absolute atomic E-state index is 0.223. The molecule has 1 aromatic heterocycles. The molecule has 2 saturated heterocycles. The molecule has 3 aliphatic rings. The quantitative estimate of drug-likeness (QED) is 0.824. The molecule has 2 aliphatic heterocycles. The second-order valence-corrected chi connectivity index (χ2v) is 6.80. The number of carbonyl (C=O) groups is 1. The van der Waals surface area contributed by atoms with E-state index in [1.165, 1.54) is 12.8 Å². The Balaban J connectivity index is 1.25. The number of amides is 1. The zero-order chi connectivity index (χ0) is 15.6. The van der Waals surface area contributed by atoms with Gasteiger partial charge in [-0.3, -0.25) is 9.69 Å². The normalized spacial score (nSPS) is 24.1. The molecule has 0 radical (unpaired) electrons. The number of piperidine rings is 1. The van der Waals surface area contributed by atoms with Crippen LogP contribution in [0.25, 0.3) is 0 Å². The lowest BCUT2D eigenvalue weighted by atomic mass is 9.97. The first-order chi connectivity index (χ1) is 11.3. The number of aromatic nitrogens is 2. The molecule has 7 heteroatoms. The summed E-state index contributed by atoms with van der Waals surface area (Å²) in [6.45, 7) is 5.12. The SMILES string of the molecule is O=C(CN1CCC(c2nnc(C3CC3)o2)CC1)N1CCOCC1. The maximum atomic E-state index is 12.3. The van der Waals surface area contributed by atoms with Crippen LogP contribution in [0.15, 0.2) is 4.42 Å². The molecule has 1 aliphatic carbocycles. The predicted molar refractivity (Wildman–Crippen MR) is 82.1 cm³/mol. The Kier molecular flexibility index (Phi) is 4.31. The van der Waals surface area contributed by atoms with E-state index in [4.69, 9.17) is 9.15 Å². The molecule has 23 heavy (non-hydrogen) atoms. The van der Waals surface area contributed by atoms with E-state index in [-0.39, 0.29) is 5.91 Å². The van der Waals surface area contributed by atoms with Crippen molar-refractivity contribution < 1.29 is 13.9 Å². The van der Waals surface area contributed by atoms with Gasteiger partial charge in [-0.15, -0.1) is 10.2 Å². The monoisotopic (exact) mass is 320 g/mol. The summed E-state index contributed by atoms with van der Waals surface area (Å²) in [6, 6.07) is 0. The Morgan fingerprint density at radius 1 is 0.957 bits per heavy atom. The van der Waals surface area contributed by atoms with Gasteiger partial charge < -0.3 is 14.1 Å². The fraction of sp³-hybridized carbons (Fsp3) is 0.812. The van der Waals surface area contributed by atoms with Crippen LogP contribution in [-0.2, 0) is 9.53 Å². The topological polar surface area (TPSA) is 71.7 Å².